The normalized spacial score (nSPS) is 16.4. The summed E-state index contributed by atoms with van der Waals surface area (Å²) in [5.41, 5.74) is 4.80. The zero-order valence-corrected chi connectivity index (χ0v) is 53.4. The minimum absolute atomic E-state index is 0.125. The van der Waals surface area contributed by atoms with Gasteiger partial charge in [-0.25, -0.2) is 22.1 Å². The van der Waals surface area contributed by atoms with E-state index in [4.69, 9.17) is 53.8 Å². The van der Waals surface area contributed by atoms with Crippen molar-refractivity contribution < 1.29 is 36.4 Å². The number of halogens is 4. The van der Waals surface area contributed by atoms with Gasteiger partial charge in [-0.05, 0) is 181 Å². The van der Waals surface area contributed by atoms with Crippen molar-refractivity contribution in [3.63, 3.8) is 0 Å². The molecular weight excluding hydrogens is 1210 g/mol. The second kappa shape index (κ2) is 29.4. The first kappa shape index (κ1) is 64.5. The molecule has 0 saturated carbocycles. The summed E-state index contributed by atoms with van der Waals surface area (Å²) in [5.74, 6) is 0. The lowest BCUT2D eigenvalue weighted by Crippen LogP contribution is -2.36. The summed E-state index contributed by atoms with van der Waals surface area (Å²) in [5, 5.41) is 1.94. The van der Waals surface area contributed by atoms with E-state index in [1.807, 2.05) is 130 Å². The fraction of sp³-hybridized carbons (Fsp3) is 0.418. The van der Waals surface area contributed by atoms with Crippen LogP contribution in [0.15, 0.2) is 99.9 Å². The Morgan fingerprint density at radius 3 is 1.41 bits per heavy atom. The molecule has 5 atom stereocenters. The largest absolute Gasteiger partial charge is 0.345 e. The first-order valence-corrected chi connectivity index (χ1v) is 31.9. The zero-order valence-electron chi connectivity index (χ0n) is 44.6. The van der Waals surface area contributed by atoms with Gasteiger partial charge in [0.2, 0.25) is 0 Å². The van der Waals surface area contributed by atoms with Crippen LogP contribution in [0.3, 0.4) is 0 Å². The molecule has 6 aromatic rings. The number of benzene rings is 3. The number of hydrogen-bond donors (Lipinski definition) is 2. The van der Waals surface area contributed by atoms with Gasteiger partial charge in [0.15, 0.2) is 18.9 Å². The Labute approximate surface area is 492 Å². The third kappa shape index (κ3) is 19.7. The van der Waals surface area contributed by atoms with Crippen LogP contribution in [0, 0.1) is 20.8 Å². The van der Waals surface area contributed by atoms with Crippen LogP contribution >= 0.6 is 84.7 Å². The van der Waals surface area contributed by atoms with Gasteiger partial charge >= 0.3 is 0 Å². The molecule has 414 valence electrons. The smallest absolute Gasteiger partial charge is 0.193 e. The summed E-state index contributed by atoms with van der Waals surface area (Å²) in [6.07, 6.45) is 2.00. The average Bonchev–Trinajstić information content (AvgIpc) is 4.22. The quantitative estimate of drug-likeness (QED) is 0.0860. The molecule has 3 aromatic carbocycles. The van der Waals surface area contributed by atoms with Crippen LogP contribution in [0.4, 0.5) is 0 Å². The molecule has 0 amide bonds. The van der Waals surface area contributed by atoms with Crippen LogP contribution in [0.25, 0.3) is 0 Å². The van der Waals surface area contributed by atoms with Gasteiger partial charge in [-0.1, -0.05) is 71.2 Å². The number of aryl methyl sites for hydroxylation is 3. The highest BCUT2D eigenvalue weighted by molar-refractivity contribution is 9.10. The number of aldehydes is 1. The third-order valence-corrected chi connectivity index (χ3v) is 20.3. The molecule has 11 nitrogen and oxygen atoms in total. The molecule has 0 bridgehead atoms. The fourth-order valence-corrected chi connectivity index (χ4v) is 13.1. The molecule has 76 heavy (non-hydrogen) atoms. The van der Waals surface area contributed by atoms with Crippen LogP contribution in [0.5, 0.6) is 0 Å². The maximum Gasteiger partial charge on any atom is 0.193 e. The van der Waals surface area contributed by atoms with Crippen molar-refractivity contribution in [1.29, 1.82) is 0 Å². The second-order valence-electron chi connectivity index (χ2n) is 20.3. The Morgan fingerprint density at radius 2 is 1.01 bits per heavy atom. The van der Waals surface area contributed by atoms with Crippen LogP contribution in [0.1, 0.15) is 149 Å². The Kier molecular flexibility index (Phi) is 24.9. The van der Waals surface area contributed by atoms with Crippen LogP contribution < -0.4 is 9.44 Å². The number of hydrogen-bond acceptors (Lipinski definition) is 11. The number of rotatable bonds is 13. The molecule has 0 aliphatic carbocycles. The van der Waals surface area contributed by atoms with Gasteiger partial charge in [0.25, 0.3) is 0 Å². The van der Waals surface area contributed by atoms with E-state index in [9.17, 15) is 17.4 Å². The van der Waals surface area contributed by atoms with Gasteiger partial charge < -0.3 is 18.9 Å². The van der Waals surface area contributed by atoms with Crippen molar-refractivity contribution in [1.82, 2.24) is 9.44 Å². The standard InChI is InChI=1S/C19H24ClNO3S2.C17H20ClNO2S2.C11H14ClNOS.C8H9BrO2S/c1-12-15(11-16(25-12)18-23-8-9-24-18)17(21-26(22)19(2,3)4)13-6-5-7-14(20)10-13;1-11-15(9-14(10-20)22-11)16(19-23(21)17(2,3)4)12-6-5-7-13(18)8-12;1-11(2,3)15(14)13-8-9-5-4-6-10(12)7-9;1-5-6(9)4-7(12-5)8-10-2-3-11-8/h5-7,10-11,17-18,21H,8-9H2,1-4H3;5-10,16,19H,1-4H3;4-8H,1-3H3;4,8H,2-3H2,1H3. The number of carbonyl (C=O) groups excluding carboxylic acids is 1. The predicted molar refractivity (Wildman–Crippen MR) is 325 cm³/mol. The van der Waals surface area contributed by atoms with Crippen molar-refractivity contribution in [3.8, 4) is 0 Å². The Hall–Kier alpha value is -2.34. The van der Waals surface area contributed by atoms with Crippen molar-refractivity contribution in [2.75, 3.05) is 26.4 Å². The Bertz CT molecular complexity index is 2950. The summed E-state index contributed by atoms with van der Waals surface area (Å²) in [6.45, 7) is 26.0. The lowest BCUT2D eigenvalue weighted by molar-refractivity contribution is -0.0415. The van der Waals surface area contributed by atoms with Gasteiger partial charge in [0.1, 0.15) is 11.0 Å². The van der Waals surface area contributed by atoms with E-state index in [2.05, 4.69) is 55.8 Å². The van der Waals surface area contributed by atoms with E-state index >= 15 is 0 Å². The molecule has 0 spiro atoms. The molecule has 3 aromatic heterocycles. The number of thiophene rings is 3. The predicted octanol–water partition coefficient (Wildman–Crippen LogP) is 15.6. The Morgan fingerprint density at radius 1 is 0.592 bits per heavy atom. The first-order chi connectivity index (χ1) is 35.6. The van der Waals surface area contributed by atoms with Crippen molar-refractivity contribution >= 4 is 130 Å². The van der Waals surface area contributed by atoms with E-state index in [1.54, 1.807) is 47.1 Å². The molecule has 21 heteroatoms. The minimum atomic E-state index is -1.25. The molecule has 2 N–H and O–H groups in total. The van der Waals surface area contributed by atoms with E-state index in [0.29, 0.717) is 46.4 Å². The average molecular weight is 1280 g/mol. The van der Waals surface area contributed by atoms with Crippen molar-refractivity contribution in [2.45, 2.75) is 122 Å². The number of ether oxygens (including phenoxy) is 4. The topological polar surface area (TPSA) is 142 Å². The van der Waals surface area contributed by atoms with Gasteiger partial charge in [-0.15, -0.1) is 34.0 Å². The highest BCUT2D eigenvalue weighted by Gasteiger charge is 2.30. The van der Waals surface area contributed by atoms with Gasteiger partial charge in [-0.2, -0.15) is 4.40 Å². The Balaban J connectivity index is 0.000000195. The molecule has 5 heterocycles. The molecule has 2 aliphatic rings. The van der Waals surface area contributed by atoms with Gasteiger partial charge in [0, 0.05) is 40.4 Å². The molecule has 2 aliphatic heterocycles. The summed E-state index contributed by atoms with van der Waals surface area (Å²) in [4.78, 5) is 17.4. The molecule has 8 rings (SSSR count). The fourth-order valence-electron chi connectivity index (χ4n) is 6.85. The van der Waals surface area contributed by atoms with E-state index < -0.39 is 37.7 Å². The summed E-state index contributed by atoms with van der Waals surface area (Å²) < 4.78 is 69.6. The second-order valence-corrected chi connectivity index (χ2v) is 32.2. The summed E-state index contributed by atoms with van der Waals surface area (Å²) in [7, 11) is -3.70. The van der Waals surface area contributed by atoms with Crippen molar-refractivity contribution in [3.05, 3.63) is 168 Å². The lowest BCUT2D eigenvalue weighted by atomic mass is 10.00. The minimum Gasteiger partial charge on any atom is -0.345 e. The molecular formula is C55H67BrCl3N3O8S6. The summed E-state index contributed by atoms with van der Waals surface area (Å²) >= 11 is 26.4. The SMILES string of the molecule is CC(C)(C)S(=O)N=Cc1cccc(Cl)c1.Cc1sc(C2OCCO2)cc1Br.Cc1sc(C2OCCO2)cc1C(NS(=O)C(C)(C)C)c1cccc(Cl)c1.Cc1sc(C=O)cc1C(NS(=O)C(C)(C)C)c1cccc(Cl)c1. The van der Waals surface area contributed by atoms with E-state index in [-0.39, 0.29) is 34.2 Å². The van der Waals surface area contributed by atoms with Crippen LogP contribution in [0.2, 0.25) is 15.1 Å². The highest BCUT2D eigenvalue weighted by Crippen LogP contribution is 2.39. The number of carbonyl (C=O) groups is 1. The van der Waals surface area contributed by atoms with Gasteiger partial charge in [0.05, 0.1) is 89.4 Å². The highest BCUT2D eigenvalue weighted by atomic mass is 79.9. The molecule has 2 fully saturated rings. The van der Waals surface area contributed by atoms with Crippen molar-refractivity contribution in [2.24, 2.45) is 4.40 Å². The molecule has 5 unspecified atom stereocenters. The number of nitrogens with zero attached hydrogens (tertiary/aromatic N) is 1. The zero-order chi connectivity index (χ0) is 56.1. The monoisotopic (exact) mass is 1270 g/mol. The van der Waals surface area contributed by atoms with Crippen LogP contribution in [-0.4, -0.2) is 65.8 Å². The lowest BCUT2D eigenvalue weighted by Gasteiger charge is -2.25. The first-order valence-electron chi connectivity index (χ1n) is 24.1. The maximum atomic E-state index is 12.8. The van der Waals surface area contributed by atoms with E-state index in [0.717, 1.165) is 58.1 Å². The van der Waals surface area contributed by atoms with Crippen LogP contribution in [-0.2, 0) is 51.9 Å². The molecule has 2 saturated heterocycles. The molecule has 0 radical (unpaired) electrons. The number of nitrogens with one attached hydrogen (secondary N) is 2. The maximum absolute atomic E-state index is 12.8. The van der Waals surface area contributed by atoms with E-state index in [1.165, 1.54) is 16.2 Å². The summed E-state index contributed by atoms with van der Waals surface area (Å²) in [6, 6.07) is 27.9. The van der Waals surface area contributed by atoms with Gasteiger partial charge in [-0.3, -0.25) is 4.79 Å². The third-order valence-electron chi connectivity index (χ3n) is 10.9.